The molecule has 71 heavy (non-hydrogen) atoms. The Morgan fingerprint density at radius 1 is 0.225 bits per heavy atom. The van der Waals surface area contributed by atoms with E-state index in [1.54, 1.807) is 0 Å². The van der Waals surface area contributed by atoms with E-state index in [9.17, 15) is 0 Å². The summed E-state index contributed by atoms with van der Waals surface area (Å²) in [5.41, 5.74) is 21.2. The molecule has 0 atom stereocenters. The highest BCUT2D eigenvalue weighted by Crippen LogP contribution is 2.57. The molecule has 0 bridgehead atoms. The molecular weight excluding hydrogens is 857 g/mol. The largest absolute Gasteiger partial charge is 0.228 e. The molecule has 12 aromatic rings. The summed E-state index contributed by atoms with van der Waals surface area (Å²) >= 11 is 0. The van der Waals surface area contributed by atoms with Gasteiger partial charge in [0.1, 0.15) is 0 Å². The van der Waals surface area contributed by atoms with Crippen LogP contribution in [0.25, 0.3) is 100 Å². The highest BCUT2D eigenvalue weighted by Gasteiger charge is 2.46. The van der Waals surface area contributed by atoms with Crippen LogP contribution < -0.4 is 0 Å². The molecule has 0 amide bonds. The van der Waals surface area contributed by atoms with E-state index in [0.29, 0.717) is 5.82 Å². The number of nitrogens with zero attached hydrogens (tertiary/aromatic N) is 2. The topological polar surface area (TPSA) is 25.8 Å². The van der Waals surface area contributed by atoms with Crippen LogP contribution in [0, 0.1) is 0 Å². The van der Waals surface area contributed by atoms with E-state index >= 15 is 0 Å². The number of hydrogen-bond donors (Lipinski definition) is 0. The van der Waals surface area contributed by atoms with E-state index in [2.05, 4.69) is 273 Å². The van der Waals surface area contributed by atoms with Gasteiger partial charge in [-0.2, -0.15) is 0 Å². The first-order valence-corrected chi connectivity index (χ1v) is 24.4. The van der Waals surface area contributed by atoms with E-state index in [0.717, 1.165) is 72.2 Å². The molecule has 0 fully saturated rings. The van der Waals surface area contributed by atoms with Crippen LogP contribution in [0.5, 0.6) is 0 Å². The molecular formula is C69H46N2. The number of aromatic nitrogens is 2. The third-order valence-electron chi connectivity index (χ3n) is 14.4. The maximum absolute atomic E-state index is 5.35. The first kappa shape index (κ1) is 41.9. The lowest BCUT2D eigenvalue weighted by atomic mass is 9.67. The molecule has 332 valence electrons. The Kier molecular flexibility index (Phi) is 10.4. The monoisotopic (exact) mass is 902 g/mol. The fourth-order valence-electron chi connectivity index (χ4n) is 11.2. The zero-order chi connectivity index (χ0) is 47.1. The fraction of sp³-hybridized carbons (Fsp3) is 0.0145. The minimum atomic E-state index is -0.499. The molecule has 2 nitrogen and oxygen atoms in total. The van der Waals surface area contributed by atoms with Gasteiger partial charge >= 0.3 is 0 Å². The second-order valence-corrected chi connectivity index (χ2v) is 18.4. The highest BCUT2D eigenvalue weighted by atomic mass is 14.9. The van der Waals surface area contributed by atoms with Gasteiger partial charge in [-0.1, -0.05) is 249 Å². The Hall–Kier alpha value is -9.24. The van der Waals surface area contributed by atoms with Crippen molar-refractivity contribution in [2.24, 2.45) is 0 Å². The molecule has 0 aliphatic heterocycles. The Labute approximate surface area is 414 Å². The van der Waals surface area contributed by atoms with Crippen molar-refractivity contribution in [1.82, 2.24) is 9.97 Å². The second kappa shape index (κ2) is 17.7. The molecule has 0 N–H and O–H groups in total. The van der Waals surface area contributed by atoms with Crippen molar-refractivity contribution < 1.29 is 0 Å². The van der Waals surface area contributed by atoms with Crippen LogP contribution in [0.15, 0.2) is 279 Å². The molecule has 1 heterocycles. The van der Waals surface area contributed by atoms with Gasteiger partial charge in [-0.25, -0.2) is 9.97 Å². The predicted octanol–water partition coefficient (Wildman–Crippen LogP) is 17.7. The van der Waals surface area contributed by atoms with Crippen LogP contribution in [-0.4, -0.2) is 9.97 Å². The van der Waals surface area contributed by atoms with Gasteiger partial charge in [0.15, 0.2) is 5.82 Å². The summed E-state index contributed by atoms with van der Waals surface area (Å²) in [6, 6.07) is 101. The lowest BCUT2D eigenvalue weighted by Gasteiger charge is -2.34. The second-order valence-electron chi connectivity index (χ2n) is 18.4. The van der Waals surface area contributed by atoms with Crippen molar-refractivity contribution in [2.75, 3.05) is 0 Å². The van der Waals surface area contributed by atoms with Crippen LogP contribution in [0.1, 0.15) is 22.3 Å². The highest BCUT2D eigenvalue weighted by molar-refractivity contribution is 6.06. The van der Waals surface area contributed by atoms with Crippen LogP contribution in [0.4, 0.5) is 0 Å². The summed E-state index contributed by atoms with van der Waals surface area (Å²) in [7, 11) is 0. The molecule has 11 aromatic carbocycles. The molecule has 0 radical (unpaired) electrons. The quantitative estimate of drug-likeness (QED) is 0.144. The predicted molar refractivity (Wildman–Crippen MR) is 295 cm³/mol. The Bertz CT molecular complexity index is 3860. The minimum absolute atomic E-state index is 0.499. The molecule has 0 spiro atoms. The molecule has 13 rings (SSSR count). The summed E-state index contributed by atoms with van der Waals surface area (Å²) in [6.45, 7) is 0. The zero-order valence-electron chi connectivity index (χ0n) is 39.0. The molecule has 0 saturated heterocycles. The van der Waals surface area contributed by atoms with Gasteiger partial charge in [0.25, 0.3) is 0 Å². The van der Waals surface area contributed by atoms with E-state index < -0.39 is 5.41 Å². The number of fused-ring (bicyclic) bond motifs is 4. The minimum Gasteiger partial charge on any atom is -0.228 e. The summed E-state index contributed by atoms with van der Waals surface area (Å²) < 4.78 is 0. The Balaban J connectivity index is 0.999. The van der Waals surface area contributed by atoms with E-state index in [-0.39, 0.29) is 0 Å². The lowest BCUT2D eigenvalue weighted by Crippen LogP contribution is -2.28. The van der Waals surface area contributed by atoms with Gasteiger partial charge in [0, 0.05) is 16.7 Å². The summed E-state index contributed by atoms with van der Waals surface area (Å²) in [5.74, 6) is 0.690. The first-order chi connectivity index (χ1) is 35.2. The first-order valence-electron chi connectivity index (χ1n) is 24.4. The molecule has 1 aliphatic rings. The molecule has 2 heteroatoms. The van der Waals surface area contributed by atoms with E-state index in [1.807, 2.05) is 6.07 Å². The van der Waals surface area contributed by atoms with Gasteiger partial charge in [-0.15, -0.1) is 0 Å². The molecule has 0 unspecified atom stereocenters. The number of benzene rings is 11. The number of hydrogen-bond acceptors (Lipinski definition) is 2. The van der Waals surface area contributed by atoms with Crippen molar-refractivity contribution in [3.8, 4) is 89.5 Å². The van der Waals surface area contributed by atoms with Crippen LogP contribution in [0.2, 0.25) is 0 Å². The SMILES string of the molecule is c1ccc(-c2cc(-c3ccc4c(c3)C(c3ccccc3)(c3ccccc3)c3ccccc3-4)cc(-c3ccc(-c4cc(-c5ccccc5-c5ccccc5)nc(-c5ccccc5)n4)c4ccccc34)c2)cc1. The Morgan fingerprint density at radius 2 is 0.662 bits per heavy atom. The van der Waals surface area contributed by atoms with Crippen LogP contribution in [0.3, 0.4) is 0 Å². The van der Waals surface area contributed by atoms with Gasteiger partial charge in [-0.3, -0.25) is 0 Å². The standard InChI is InChI=1S/C69H46N2/c1-6-22-47(23-7-1)51-42-52(50-38-39-61-60-35-20-21-37-64(60)69(65(61)45-50,54-28-12-4-13-29-54)55-30-14-5-15-31-55)44-53(43-51)57-40-41-63(59-34-18-17-33-58(57)59)67-46-66(70-68(71-67)49-26-10-3-11-27-49)62-36-19-16-32-56(62)48-24-8-2-9-25-48/h1-46H. The smallest absolute Gasteiger partial charge is 0.160 e. The lowest BCUT2D eigenvalue weighted by molar-refractivity contribution is 0.769. The van der Waals surface area contributed by atoms with Gasteiger partial charge in [0.2, 0.25) is 0 Å². The molecule has 1 aliphatic carbocycles. The van der Waals surface area contributed by atoms with Gasteiger partial charge < -0.3 is 0 Å². The van der Waals surface area contributed by atoms with Gasteiger partial charge in [-0.05, 0) is 119 Å². The third kappa shape index (κ3) is 7.28. The van der Waals surface area contributed by atoms with Crippen molar-refractivity contribution >= 4 is 10.8 Å². The number of rotatable bonds is 9. The van der Waals surface area contributed by atoms with Crippen molar-refractivity contribution in [3.05, 3.63) is 301 Å². The average molecular weight is 903 g/mol. The average Bonchev–Trinajstić information content (AvgIpc) is 3.76. The fourth-order valence-corrected chi connectivity index (χ4v) is 11.2. The summed E-state index contributed by atoms with van der Waals surface area (Å²) in [4.78, 5) is 10.6. The normalized spacial score (nSPS) is 12.3. The summed E-state index contributed by atoms with van der Waals surface area (Å²) in [6.07, 6.45) is 0. The molecule has 1 aromatic heterocycles. The van der Waals surface area contributed by atoms with Crippen molar-refractivity contribution in [1.29, 1.82) is 0 Å². The van der Waals surface area contributed by atoms with Crippen molar-refractivity contribution in [3.63, 3.8) is 0 Å². The maximum Gasteiger partial charge on any atom is 0.160 e. The van der Waals surface area contributed by atoms with Crippen LogP contribution in [-0.2, 0) is 5.41 Å². The third-order valence-corrected chi connectivity index (χ3v) is 14.4. The van der Waals surface area contributed by atoms with Crippen LogP contribution >= 0.6 is 0 Å². The Morgan fingerprint density at radius 3 is 1.31 bits per heavy atom. The zero-order valence-corrected chi connectivity index (χ0v) is 39.0. The summed E-state index contributed by atoms with van der Waals surface area (Å²) in [5, 5.41) is 2.28. The van der Waals surface area contributed by atoms with E-state index in [4.69, 9.17) is 9.97 Å². The molecule has 0 saturated carbocycles. The maximum atomic E-state index is 5.35. The van der Waals surface area contributed by atoms with E-state index in [1.165, 1.54) is 44.5 Å². The van der Waals surface area contributed by atoms with Crippen molar-refractivity contribution in [2.45, 2.75) is 5.41 Å². The van der Waals surface area contributed by atoms with Gasteiger partial charge in [0.05, 0.1) is 16.8 Å².